The van der Waals surface area contributed by atoms with E-state index in [2.05, 4.69) is 24.1 Å². The zero-order valence-electron chi connectivity index (χ0n) is 10.6. The van der Waals surface area contributed by atoms with Crippen LogP contribution in [-0.4, -0.2) is 37.1 Å². The van der Waals surface area contributed by atoms with Crippen molar-refractivity contribution in [3.8, 4) is 0 Å². The highest BCUT2D eigenvalue weighted by molar-refractivity contribution is 4.72. The van der Waals surface area contributed by atoms with Crippen LogP contribution in [0.4, 0.5) is 0 Å². The highest BCUT2D eigenvalue weighted by Crippen LogP contribution is 2.11. The number of nitrogens with zero attached hydrogens (tertiary/aromatic N) is 1. The number of hydrogen-bond donors (Lipinski definition) is 1. The molecule has 2 nitrogen and oxygen atoms in total. The first-order chi connectivity index (χ1) is 7.34. The van der Waals surface area contributed by atoms with Gasteiger partial charge in [0.2, 0.25) is 0 Å². The van der Waals surface area contributed by atoms with Crippen molar-refractivity contribution in [2.24, 2.45) is 0 Å². The third-order valence-electron chi connectivity index (χ3n) is 3.41. The first kappa shape index (κ1) is 13.0. The van der Waals surface area contributed by atoms with Gasteiger partial charge in [-0.05, 0) is 45.8 Å². The SMILES string of the molecule is CCCCNCC(C)N1CCCCCC1. The highest BCUT2D eigenvalue weighted by atomic mass is 15.2. The zero-order chi connectivity index (χ0) is 10.9. The van der Waals surface area contributed by atoms with Crippen molar-refractivity contribution in [3.63, 3.8) is 0 Å². The molecular weight excluding hydrogens is 184 g/mol. The maximum absolute atomic E-state index is 3.56. The zero-order valence-corrected chi connectivity index (χ0v) is 10.6. The van der Waals surface area contributed by atoms with Gasteiger partial charge in [-0.1, -0.05) is 26.2 Å². The van der Waals surface area contributed by atoms with Gasteiger partial charge in [-0.15, -0.1) is 0 Å². The molecule has 1 fully saturated rings. The standard InChI is InChI=1S/C13H28N2/c1-3-4-9-14-12-13(2)15-10-7-5-6-8-11-15/h13-14H,3-12H2,1-2H3. The number of unbranched alkanes of at least 4 members (excludes halogenated alkanes) is 1. The van der Waals surface area contributed by atoms with Gasteiger partial charge in [-0.25, -0.2) is 0 Å². The Hall–Kier alpha value is -0.0800. The van der Waals surface area contributed by atoms with Gasteiger partial charge in [0, 0.05) is 12.6 Å². The Morgan fingerprint density at radius 1 is 1.13 bits per heavy atom. The minimum absolute atomic E-state index is 0.722. The summed E-state index contributed by atoms with van der Waals surface area (Å²) in [4.78, 5) is 2.66. The normalized spacial score (nSPS) is 21.2. The van der Waals surface area contributed by atoms with Crippen LogP contribution in [0.5, 0.6) is 0 Å². The van der Waals surface area contributed by atoms with Crippen molar-refractivity contribution < 1.29 is 0 Å². The Balaban J connectivity index is 2.11. The molecule has 1 rings (SSSR count). The van der Waals surface area contributed by atoms with E-state index in [4.69, 9.17) is 0 Å². The minimum atomic E-state index is 0.722. The summed E-state index contributed by atoms with van der Waals surface area (Å²) in [6.07, 6.45) is 8.29. The Bertz CT molecular complexity index is 139. The van der Waals surface area contributed by atoms with E-state index < -0.39 is 0 Å². The Labute approximate surface area is 95.4 Å². The van der Waals surface area contributed by atoms with Crippen LogP contribution in [0.3, 0.4) is 0 Å². The lowest BCUT2D eigenvalue weighted by Crippen LogP contribution is -2.41. The monoisotopic (exact) mass is 212 g/mol. The summed E-state index contributed by atoms with van der Waals surface area (Å²) >= 11 is 0. The molecule has 1 atom stereocenters. The van der Waals surface area contributed by atoms with E-state index in [0.717, 1.165) is 6.04 Å². The molecule has 1 N–H and O–H groups in total. The summed E-state index contributed by atoms with van der Waals surface area (Å²) in [5.74, 6) is 0. The molecule has 0 amide bonds. The fourth-order valence-electron chi connectivity index (χ4n) is 2.28. The average Bonchev–Trinajstić information content (AvgIpc) is 2.52. The number of hydrogen-bond acceptors (Lipinski definition) is 2. The Morgan fingerprint density at radius 2 is 1.80 bits per heavy atom. The van der Waals surface area contributed by atoms with Gasteiger partial charge in [0.15, 0.2) is 0 Å². The molecule has 15 heavy (non-hydrogen) atoms. The lowest BCUT2D eigenvalue weighted by atomic mass is 10.2. The van der Waals surface area contributed by atoms with Gasteiger partial charge < -0.3 is 5.32 Å². The average molecular weight is 212 g/mol. The van der Waals surface area contributed by atoms with Gasteiger partial charge in [0.25, 0.3) is 0 Å². The molecule has 1 unspecified atom stereocenters. The highest BCUT2D eigenvalue weighted by Gasteiger charge is 2.14. The first-order valence-electron chi connectivity index (χ1n) is 6.79. The molecular formula is C13H28N2. The van der Waals surface area contributed by atoms with Gasteiger partial charge >= 0.3 is 0 Å². The number of likely N-dealkylation sites (tertiary alicyclic amines) is 1. The molecule has 0 spiro atoms. The molecule has 0 saturated carbocycles. The van der Waals surface area contributed by atoms with Crippen molar-refractivity contribution in [3.05, 3.63) is 0 Å². The van der Waals surface area contributed by atoms with Crippen LogP contribution >= 0.6 is 0 Å². The molecule has 2 heteroatoms. The maximum Gasteiger partial charge on any atom is 0.0192 e. The van der Waals surface area contributed by atoms with Crippen molar-refractivity contribution in [1.82, 2.24) is 10.2 Å². The van der Waals surface area contributed by atoms with Gasteiger partial charge in [-0.3, -0.25) is 4.90 Å². The molecule has 1 aliphatic heterocycles. The van der Waals surface area contributed by atoms with Crippen molar-refractivity contribution in [2.75, 3.05) is 26.2 Å². The van der Waals surface area contributed by atoms with E-state index in [-0.39, 0.29) is 0 Å². The van der Waals surface area contributed by atoms with Crippen LogP contribution in [0.15, 0.2) is 0 Å². The maximum atomic E-state index is 3.56. The van der Waals surface area contributed by atoms with Gasteiger partial charge in [0.1, 0.15) is 0 Å². The molecule has 90 valence electrons. The third kappa shape index (κ3) is 5.53. The Kier molecular flexibility index (Phi) is 7.03. The molecule has 0 aromatic rings. The molecule has 0 aliphatic carbocycles. The third-order valence-corrected chi connectivity index (χ3v) is 3.41. The smallest absolute Gasteiger partial charge is 0.0192 e. The van der Waals surface area contributed by atoms with E-state index in [1.807, 2.05) is 0 Å². The summed E-state index contributed by atoms with van der Waals surface area (Å²) in [7, 11) is 0. The molecule has 1 aliphatic rings. The quantitative estimate of drug-likeness (QED) is 0.681. The Morgan fingerprint density at radius 3 is 2.40 bits per heavy atom. The van der Waals surface area contributed by atoms with E-state index in [1.165, 1.54) is 64.7 Å². The second-order valence-electron chi connectivity index (χ2n) is 4.86. The minimum Gasteiger partial charge on any atom is -0.315 e. The largest absolute Gasteiger partial charge is 0.315 e. The van der Waals surface area contributed by atoms with Crippen LogP contribution in [0.2, 0.25) is 0 Å². The van der Waals surface area contributed by atoms with Crippen molar-refractivity contribution >= 4 is 0 Å². The predicted molar refractivity (Wildman–Crippen MR) is 67.3 cm³/mol. The van der Waals surface area contributed by atoms with Crippen molar-refractivity contribution in [2.45, 2.75) is 58.4 Å². The van der Waals surface area contributed by atoms with Crippen LogP contribution in [0.1, 0.15) is 52.4 Å². The summed E-state index contributed by atoms with van der Waals surface area (Å²) in [6.45, 7) is 9.60. The van der Waals surface area contributed by atoms with E-state index >= 15 is 0 Å². The van der Waals surface area contributed by atoms with E-state index in [9.17, 15) is 0 Å². The van der Waals surface area contributed by atoms with Crippen LogP contribution in [0, 0.1) is 0 Å². The fourth-order valence-corrected chi connectivity index (χ4v) is 2.28. The van der Waals surface area contributed by atoms with Gasteiger partial charge in [-0.2, -0.15) is 0 Å². The predicted octanol–water partition coefficient (Wildman–Crippen LogP) is 2.64. The summed E-state index contributed by atoms with van der Waals surface area (Å²) in [6, 6.07) is 0.722. The molecule has 0 aromatic heterocycles. The second-order valence-corrected chi connectivity index (χ2v) is 4.86. The fraction of sp³-hybridized carbons (Fsp3) is 1.00. The van der Waals surface area contributed by atoms with Crippen molar-refractivity contribution in [1.29, 1.82) is 0 Å². The van der Waals surface area contributed by atoms with E-state index in [1.54, 1.807) is 0 Å². The van der Waals surface area contributed by atoms with Crippen LogP contribution < -0.4 is 5.32 Å². The lowest BCUT2D eigenvalue weighted by Gasteiger charge is -2.27. The molecule has 0 bridgehead atoms. The topological polar surface area (TPSA) is 15.3 Å². The van der Waals surface area contributed by atoms with E-state index in [0.29, 0.717) is 0 Å². The first-order valence-corrected chi connectivity index (χ1v) is 6.79. The second kappa shape index (κ2) is 8.12. The van der Waals surface area contributed by atoms with Crippen LogP contribution in [0.25, 0.3) is 0 Å². The summed E-state index contributed by atoms with van der Waals surface area (Å²) in [5.41, 5.74) is 0. The molecule has 1 heterocycles. The molecule has 1 saturated heterocycles. The number of rotatable bonds is 6. The summed E-state index contributed by atoms with van der Waals surface area (Å²) < 4.78 is 0. The molecule has 0 aromatic carbocycles. The summed E-state index contributed by atoms with van der Waals surface area (Å²) in [5, 5.41) is 3.56. The van der Waals surface area contributed by atoms with Gasteiger partial charge in [0.05, 0.1) is 0 Å². The lowest BCUT2D eigenvalue weighted by molar-refractivity contribution is 0.212. The molecule has 0 radical (unpaired) electrons. The number of nitrogens with one attached hydrogen (secondary N) is 1. The van der Waals surface area contributed by atoms with Crippen LogP contribution in [-0.2, 0) is 0 Å².